The van der Waals surface area contributed by atoms with E-state index in [1.165, 1.54) is 0 Å². The lowest BCUT2D eigenvalue weighted by Gasteiger charge is -2.27. The van der Waals surface area contributed by atoms with Crippen molar-refractivity contribution in [2.24, 2.45) is 5.92 Å². The molecule has 1 aliphatic carbocycles. The highest BCUT2D eigenvalue weighted by Crippen LogP contribution is 2.34. The van der Waals surface area contributed by atoms with Gasteiger partial charge in [-0.15, -0.1) is 0 Å². The highest BCUT2D eigenvalue weighted by Gasteiger charge is 2.53. The lowest BCUT2D eigenvalue weighted by atomic mass is 9.84. The summed E-state index contributed by atoms with van der Waals surface area (Å²) in [6.07, 6.45) is 2.04. The van der Waals surface area contributed by atoms with Gasteiger partial charge in [0, 0.05) is 5.92 Å². The summed E-state index contributed by atoms with van der Waals surface area (Å²) in [5.41, 5.74) is 0. The minimum absolute atomic E-state index is 0.401. The van der Waals surface area contributed by atoms with E-state index in [0.717, 1.165) is 26.2 Å². The number of hydrogen-bond donors (Lipinski definition) is 1. The van der Waals surface area contributed by atoms with Gasteiger partial charge in [0.05, 0.1) is 6.42 Å². The molecule has 0 radical (unpaired) electrons. The summed E-state index contributed by atoms with van der Waals surface area (Å²) < 4.78 is 45.4. The minimum atomic E-state index is -5.25. The minimum Gasteiger partial charge on any atom is -0.300 e. The number of hydrogen-bond acceptors (Lipinski definition) is 4. The fourth-order valence-electron chi connectivity index (χ4n) is 2.30. The van der Waals surface area contributed by atoms with Crippen LogP contribution in [0.3, 0.4) is 0 Å². The second-order valence-electron chi connectivity index (χ2n) is 4.78. The van der Waals surface area contributed by atoms with E-state index in [4.69, 9.17) is 4.55 Å². The van der Waals surface area contributed by atoms with Crippen LogP contribution < -0.4 is 0 Å². The normalized spacial score (nSPS) is 21.3. The number of carbonyl (C=O) groups excluding carboxylic acids is 2. The fraction of sp³-hybridized carbons (Fsp3) is 0.818. The molecular formula is C11H17FO5S. The largest absolute Gasteiger partial charge is 0.308 e. The van der Waals surface area contributed by atoms with Gasteiger partial charge < -0.3 is 0 Å². The third-order valence-electron chi connectivity index (χ3n) is 3.23. The molecule has 1 saturated carbocycles. The van der Waals surface area contributed by atoms with Crippen LogP contribution in [0.1, 0.15) is 45.4 Å². The first kappa shape index (κ1) is 15.2. The molecule has 1 atom stereocenters. The maximum Gasteiger partial charge on any atom is 0.308 e. The van der Waals surface area contributed by atoms with Crippen molar-refractivity contribution in [3.8, 4) is 0 Å². The van der Waals surface area contributed by atoms with Gasteiger partial charge >= 0.3 is 10.1 Å². The Balaban J connectivity index is 3.03. The molecule has 1 fully saturated rings. The van der Waals surface area contributed by atoms with Crippen molar-refractivity contribution in [2.75, 3.05) is 0 Å². The molecule has 1 N–H and O–H groups in total. The summed E-state index contributed by atoms with van der Waals surface area (Å²) in [4.78, 5) is 22.9. The predicted molar refractivity (Wildman–Crippen MR) is 62.3 cm³/mol. The second kappa shape index (κ2) is 5.44. The van der Waals surface area contributed by atoms with Gasteiger partial charge in [0.1, 0.15) is 5.78 Å². The molecule has 0 aromatic heterocycles. The van der Waals surface area contributed by atoms with Crippen molar-refractivity contribution in [3.63, 3.8) is 0 Å². The van der Waals surface area contributed by atoms with Gasteiger partial charge in [-0.05, 0) is 19.8 Å². The van der Waals surface area contributed by atoms with Crippen LogP contribution in [0.25, 0.3) is 0 Å². The Morgan fingerprint density at radius 1 is 1.28 bits per heavy atom. The van der Waals surface area contributed by atoms with E-state index in [1.807, 2.05) is 0 Å². The van der Waals surface area contributed by atoms with E-state index in [0.29, 0.717) is 12.8 Å². The maximum absolute atomic E-state index is 14.3. The molecule has 0 amide bonds. The first-order valence-corrected chi connectivity index (χ1v) is 7.32. The molecule has 0 aromatic carbocycles. The SMILES string of the molecule is CC(=O)CC(F)(C(=O)C1CCCCC1)S(=O)(=O)O. The Morgan fingerprint density at radius 3 is 2.17 bits per heavy atom. The molecule has 0 heterocycles. The van der Waals surface area contributed by atoms with Gasteiger partial charge in [-0.2, -0.15) is 8.42 Å². The summed E-state index contributed by atoms with van der Waals surface area (Å²) in [7, 11) is -5.25. The van der Waals surface area contributed by atoms with Gasteiger partial charge in [-0.3, -0.25) is 14.1 Å². The molecule has 0 saturated heterocycles. The molecule has 5 nitrogen and oxygen atoms in total. The Hall–Kier alpha value is -0.820. The first-order valence-electron chi connectivity index (χ1n) is 5.88. The zero-order chi connectivity index (χ0) is 14.0. The predicted octanol–water partition coefficient (Wildman–Crippen LogP) is 1.67. The average molecular weight is 280 g/mol. The molecule has 18 heavy (non-hydrogen) atoms. The van der Waals surface area contributed by atoms with Gasteiger partial charge in [-0.1, -0.05) is 19.3 Å². The third kappa shape index (κ3) is 3.14. The molecule has 0 aromatic rings. The number of Topliss-reactive ketones (excluding diaryl/α,β-unsaturated/α-hetero) is 2. The van der Waals surface area contributed by atoms with Crippen molar-refractivity contribution >= 4 is 21.7 Å². The summed E-state index contributed by atoms with van der Waals surface area (Å²) >= 11 is 0. The van der Waals surface area contributed by atoms with E-state index < -0.39 is 39.0 Å². The monoisotopic (exact) mass is 280 g/mol. The van der Waals surface area contributed by atoms with E-state index >= 15 is 0 Å². The van der Waals surface area contributed by atoms with Gasteiger partial charge in [-0.25, -0.2) is 4.39 Å². The lowest BCUT2D eigenvalue weighted by molar-refractivity contribution is -0.134. The van der Waals surface area contributed by atoms with Crippen molar-refractivity contribution in [2.45, 2.75) is 50.4 Å². The number of ketones is 2. The smallest absolute Gasteiger partial charge is 0.300 e. The second-order valence-corrected chi connectivity index (χ2v) is 6.38. The first-order chi connectivity index (χ1) is 8.18. The third-order valence-corrected chi connectivity index (χ3v) is 4.39. The highest BCUT2D eigenvalue weighted by molar-refractivity contribution is 7.88. The zero-order valence-corrected chi connectivity index (χ0v) is 11.0. The molecule has 0 bridgehead atoms. The summed E-state index contributed by atoms with van der Waals surface area (Å²) in [6, 6.07) is 0. The molecule has 0 aliphatic heterocycles. The molecular weight excluding hydrogens is 263 g/mol. The quantitative estimate of drug-likeness (QED) is 0.774. The van der Waals surface area contributed by atoms with Gasteiger partial charge in [0.15, 0.2) is 5.78 Å². The summed E-state index contributed by atoms with van der Waals surface area (Å²) in [5.74, 6) is -2.70. The van der Waals surface area contributed by atoms with Crippen LogP contribution in [-0.2, 0) is 19.7 Å². The van der Waals surface area contributed by atoms with E-state index in [9.17, 15) is 22.4 Å². The van der Waals surface area contributed by atoms with Crippen molar-refractivity contribution in [1.82, 2.24) is 0 Å². The Bertz CT molecular complexity index is 438. The molecule has 1 rings (SSSR count). The van der Waals surface area contributed by atoms with Crippen LogP contribution in [0.4, 0.5) is 4.39 Å². The summed E-state index contributed by atoms with van der Waals surface area (Å²) in [6.45, 7) is 0.980. The van der Waals surface area contributed by atoms with Crippen LogP contribution >= 0.6 is 0 Å². The highest BCUT2D eigenvalue weighted by atomic mass is 32.2. The number of carbonyl (C=O) groups is 2. The maximum atomic E-state index is 14.3. The average Bonchev–Trinajstić information content (AvgIpc) is 2.26. The lowest BCUT2D eigenvalue weighted by Crippen LogP contribution is -2.47. The van der Waals surface area contributed by atoms with Crippen LogP contribution in [-0.4, -0.2) is 29.5 Å². The number of halogens is 1. The number of rotatable bonds is 5. The van der Waals surface area contributed by atoms with Crippen LogP contribution in [0.2, 0.25) is 0 Å². The standard InChI is InChI=1S/C11H17FO5S/c1-8(13)7-11(12,18(15,16)17)10(14)9-5-3-2-4-6-9/h9H,2-7H2,1H3,(H,15,16,17). The molecule has 1 unspecified atom stereocenters. The van der Waals surface area contributed by atoms with Crippen LogP contribution in [0.5, 0.6) is 0 Å². The van der Waals surface area contributed by atoms with Crippen molar-refractivity contribution in [3.05, 3.63) is 0 Å². The van der Waals surface area contributed by atoms with Crippen LogP contribution in [0.15, 0.2) is 0 Å². The van der Waals surface area contributed by atoms with Gasteiger partial charge in [0.25, 0.3) is 5.00 Å². The number of alkyl halides is 1. The fourth-order valence-corrected chi connectivity index (χ4v) is 3.10. The molecule has 1 aliphatic rings. The van der Waals surface area contributed by atoms with Crippen molar-refractivity contribution < 1.29 is 27.0 Å². The zero-order valence-electron chi connectivity index (χ0n) is 10.2. The van der Waals surface area contributed by atoms with E-state index in [2.05, 4.69) is 0 Å². The van der Waals surface area contributed by atoms with E-state index in [-0.39, 0.29) is 0 Å². The Labute approximate surface area is 106 Å². The molecule has 0 spiro atoms. The Morgan fingerprint density at radius 2 is 1.78 bits per heavy atom. The van der Waals surface area contributed by atoms with Crippen LogP contribution in [0, 0.1) is 5.92 Å². The molecule has 7 heteroatoms. The van der Waals surface area contributed by atoms with Gasteiger partial charge in [0.2, 0.25) is 0 Å². The van der Waals surface area contributed by atoms with Crippen molar-refractivity contribution in [1.29, 1.82) is 0 Å². The van der Waals surface area contributed by atoms with E-state index in [1.54, 1.807) is 0 Å². The Kier molecular flexibility index (Phi) is 4.61. The topological polar surface area (TPSA) is 88.5 Å². The summed E-state index contributed by atoms with van der Waals surface area (Å²) in [5, 5.41) is -3.49. The molecule has 104 valence electrons.